The number of carbonyl (C=O) groups excluding carboxylic acids is 1. The number of aromatic nitrogens is 2. The van der Waals surface area contributed by atoms with E-state index in [0.717, 1.165) is 29.8 Å². The lowest BCUT2D eigenvalue weighted by atomic mass is 9.93. The van der Waals surface area contributed by atoms with E-state index in [1.165, 1.54) is 0 Å². The van der Waals surface area contributed by atoms with Crippen LogP contribution in [0.4, 0.5) is 4.79 Å². The maximum absolute atomic E-state index is 12.3. The first-order chi connectivity index (χ1) is 13.0. The number of guanidine groups is 1. The first-order valence-corrected chi connectivity index (χ1v) is 9.91. The van der Waals surface area contributed by atoms with E-state index >= 15 is 0 Å². The molecule has 3 N–H and O–H groups in total. The monoisotopic (exact) mass is 522 g/mol. The van der Waals surface area contributed by atoms with Crippen LogP contribution < -0.4 is 16.0 Å². The fourth-order valence-electron chi connectivity index (χ4n) is 2.96. The Kier molecular flexibility index (Phi) is 11.0. The Bertz CT molecular complexity index is 690. The summed E-state index contributed by atoms with van der Waals surface area (Å²) in [7, 11) is 3.68. The summed E-state index contributed by atoms with van der Waals surface area (Å²) < 4.78 is 7.31. The lowest BCUT2D eigenvalue weighted by molar-refractivity contribution is 0.0448. The molecule has 1 rings (SSSR count). The van der Waals surface area contributed by atoms with Gasteiger partial charge in [0, 0.05) is 38.4 Å². The Labute approximate surface area is 192 Å². The molecule has 1 amide bonds. The molecule has 0 aliphatic carbocycles. The van der Waals surface area contributed by atoms with Crippen molar-refractivity contribution in [1.82, 2.24) is 25.7 Å². The van der Waals surface area contributed by atoms with Gasteiger partial charge in [-0.05, 0) is 47.5 Å². The van der Waals surface area contributed by atoms with Gasteiger partial charge in [0.05, 0.1) is 11.2 Å². The molecule has 0 unspecified atom stereocenters. The molecule has 29 heavy (non-hydrogen) atoms. The second-order valence-corrected chi connectivity index (χ2v) is 8.17. The third-order valence-electron chi connectivity index (χ3n) is 5.03. The van der Waals surface area contributed by atoms with Crippen LogP contribution in [-0.4, -0.2) is 46.6 Å². The van der Waals surface area contributed by atoms with Gasteiger partial charge in [-0.15, -0.1) is 24.0 Å². The summed E-state index contributed by atoms with van der Waals surface area (Å²) in [6, 6.07) is 0. The van der Waals surface area contributed by atoms with Gasteiger partial charge < -0.3 is 20.7 Å². The molecule has 0 aromatic carbocycles. The van der Waals surface area contributed by atoms with E-state index in [-0.39, 0.29) is 24.0 Å². The standard InChI is InChI=1S/C20H38N6O2.HI/c1-10-20(11-2,24-18(27)28-19(5,6)7)13-23-17(21-8)22-12-16-14(3)25-26(9)15(16)4;/h10-13H2,1-9H3,(H,24,27)(H2,21,22,23);1H. The summed E-state index contributed by atoms with van der Waals surface area (Å²) >= 11 is 0. The number of halogens is 1. The SMILES string of the molecule is CCC(CC)(CNC(=NC)NCc1c(C)nn(C)c1C)NC(=O)OC(C)(C)C.I. The molecule has 0 saturated heterocycles. The maximum atomic E-state index is 12.3. The van der Waals surface area contributed by atoms with Crippen LogP contribution in [0.15, 0.2) is 4.99 Å². The van der Waals surface area contributed by atoms with Crippen molar-refractivity contribution in [3.8, 4) is 0 Å². The fourth-order valence-corrected chi connectivity index (χ4v) is 2.96. The van der Waals surface area contributed by atoms with Crippen LogP contribution in [-0.2, 0) is 18.3 Å². The molecule has 1 aromatic rings. The van der Waals surface area contributed by atoms with Crippen molar-refractivity contribution in [3.63, 3.8) is 0 Å². The molecule has 168 valence electrons. The Morgan fingerprint density at radius 3 is 2.17 bits per heavy atom. The van der Waals surface area contributed by atoms with Crippen LogP contribution in [0.25, 0.3) is 0 Å². The normalized spacial score (nSPS) is 12.2. The summed E-state index contributed by atoms with van der Waals surface area (Å²) in [5.41, 5.74) is 2.35. The molecule has 0 radical (unpaired) electrons. The van der Waals surface area contributed by atoms with Crippen LogP contribution in [0.3, 0.4) is 0 Å². The highest BCUT2D eigenvalue weighted by Crippen LogP contribution is 2.16. The van der Waals surface area contributed by atoms with E-state index in [9.17, 15) is 4.79 Å². The molecule has 1 heterocycles. The molecule has 8 nitrogen and oxygen atoms in total. The van der Waals surface area contributed by atoms with Gasteiger partial charge in [-0.1, -0.05) is 13.8 Å². The average Bonchev–Trinajstić information content (AvgIpc) is 2.84. The van der Waals surface area contributed by atoms with Gasteiger partial charge >= 0.3 is 6.09 Å². The van der Waals surface area contributed by atoms with Gasteiger partial charge in [-0.25, -0.2) is 4.79 Å². The van der Waals surface area contributed by atoms with Crippen molar-refractivity contribution >= 4 is 36.0 Å². The Balaban J connectivity index is 0.00000784. The molecule has 0 saturated carbocycles. The van der Waals surface area contributed by atoms with Gasteiger partial charge in [0.25, 0.3) is 0 Å². The molecule has 0 aliphatic heterocycles. The second-order valence-electron chi connectivity index (χ2n) is 8.17. The number of carbonyl (C=O) groups is 1. The van der Waals surface area contributed by atoms with Crippen LogP contribution in [0, 0.1) is 13.8 Å². The molecule has 1 aromatic heterocycles. The number of ether oxygens (including phenoxy) is 1. The Morgan fingerprint density at radius 1 is 1.17 bits per heavy atom. The van der Waals surface area contributed by atoms with Gasteiger partial charge in [0.15, 0.2) is 5.96 Å². The topological polar surface area (TPSA) is 92.6 Å². The zero-order valence-corrected chi connectivity index (χ0v) is 21.7. The number of hydrogen-bond acceptors (Lipinski definition) is 4. The van der Waals surface area contributed by atoms with Crippen molar-refractivity contribution in [2.24, 2.45) is 12.0 Å². The molecule has 0 atom stereocenters. The lowest BCUT2D eigenvalue weighted by Crippen LogP contribution is -2.57. The minimum absolute atomic E-state index is 0. The summed E-state index contributed by atoms with van der Waals surface area (Å²) in [4.78, 5) is 16.6. The number of nitrogens with one attached hydrogen (secondary N) is 3. The predicted octanol–water partition coefficient (Wildman–Crippen LogP) is 3.40. The van der Waals surface area contributed by atoms with Crippen molar-refractivity contribution in [1.29, 1.82) is 0 Å². The zero-order valence-electron chi connectivity index (χ0n) is 19.4. The molecule has 0 spiro atoms. The summed E-state index contributed by atoms with van der Waals surface area (Å²) in [6.45, 7) is 14.9. The second kappa shape index (κ2) is 11.6. The highest BCUT2D eigenvalue weighted by Gasteiger charge is 2.30. The molecular weight excluding hydrogens is 483 g/mol. The molecule has 0 bridgehead atoms. The first kappa shape index (κ1) is 27.5. The molecule has 9 heteroatoms. The van der Waals surface area contributed by atoms with Crippen LogP contribution >= 0.6 is 24.0 Å². The van der Waals surface area contributed by atoms with Crippen LogP contribution in [0.5, 0.6) is 0 Å². The highest BCUT2D eigenvalue weighted by atomic mass is 127. The fraction of sp³-hybridized carbons (Fsp3) is 0.750. The third kappa shape index (κ3) is 8.39. The molecular formula is C20H39IN6O2. The molecule has 0 fully saturated rings. The third-order valence-corrected chi connectivity index (χ3v) is 5.03. The molecule has 0 aliphatic rings. The van der Waals surface area contributed by atoms with E-state index in [1.54, 1.807) is 7.05 Å². The summed E-state index contributed by atoms with van der Waals surface area (Å²) in [5.74, 6) is 0.680. The number of nitrogens with zero attached hydrogens (tertiary/aromatic N) is 3. The summed E-state index contributed by atoms with van der Waals surface area (Å²) in [5, 5.41) is 14.2. The highest BCUT2D eigenvalue weighted by molar-refractivity contribution is 14.0. The number of rotatable bonds is 7. The van der Waals surface area contributed by atoms with E-state index in [4.69, 9.17) is 4.74 Å². The van der Waals surface area contributed by atoms with E-state index < -0.39 is 17.2 Å². The minimum atomic E-state index is -0.526. The number of aliphatic imine (C=N–C) groups is 1. The quantitative estimate of drug-likeness (QED) is 0.290. The number of hydrogen-bond donors (Lipinski definition) is 3. The smallest absolute Gasteiger partial charge is 0.408 e. The van der Waals surface area contributed by atoms with E-state index in [0.29, 0.717) is 19.0 Å². The largest absolute Gasteiger partial charge is 0.444 e. The van der Waals surface area contributed by atoms with Crippen molar-refractivity contribution in [2.75, 3.05) is 13.6 Å². The number of amides is 1. The number of aryl methyl sites for hydroxylation is 2. The van der Waals surface area contributed by atoms with Gasteiger partial charge in [-0.2, -0.15) is 5.10 Å². The van der Waals surface area contributed by atoms with Gasteiger partial charge in [-0.3, -0.25) is 9.67 Å². The van der Waals surface area contributed by atoms with E-state index in [1.807, 2.05) is 39.4 Å². The van der Waals surface area contributed by atoms with Gasteiger partial charge in [0.2, 0.25) is 0 Å². The predicted molar refractivity (Wildman–Crippen MR) is 129 cm³/mol. The Morgan fingerprint density at radius 2 is 1.76 bits per heavy atom. The minimum Gasteiger partial charge on any atom is -0.444 e. The zero-order chi connectivity index (χ0) is 21.5. The average molecular weight is 522 g/mol. The van der Waals surface area contributed by atoms with Crippen molar-refractivity contribution in [2.45, 2.75) is 79.0 Å². The lowest BCUT2D eigenvalue weighted by Gasteiger charge is -2.34. The number of alkyl carbamates (subject to hydrolysis) is 1. The van der Waals surface area contributed by atoms with E-state index in [2.05, 4.69) is 46.8 Å². The van der Waals surface area contributed by atoms with Crippen molar-refractivity contribution in [3.05, 3.63) is 17.0 Å². The Hall–Kier alpha value is -1.52. The van der Waals surface area contributed by atoms with Crippen LogP contribution in [0.2, 0.25) is 0 Å². The summed E-state index contributed by atoms with van der Waals surface area (Å²) in [6.07, 6.45) is 1.14. The van der Waals surface area contributed by atoms with Crippen molar-refractivity contribution < 1.29 is 9.53 Å². The first-order valence-electron chi connectivity index (χ1n) is 9.91. The maximum Gasteiger partial charge on any atom is 0.408 e. The van der Waals surface area contributed by atoms with Gasteiger partial charge in [0.1, 0.15) is 5.60 Å². The van der Waals surface area contributed by atoms with Crippen LogP contribution in [0.1, 0.15) is 64.4 Å².